The number of halogens is 3. The molecule has 0 spiro atoms. The molecule has 2 heterocycles. The van der Waals surface area contributed by atoms with Crippen molar-refractivity contribution in [3.8, 4) is 5.75 Å². The van der Waals surface area contributed by atoms with Gasteiger partial charge in [-0.2, -0.15) is 0 Å². The quantitative estimate of drug-likeness (QED) is 0.549. The summed E-state index contributed by atoms with van der Waals surface area (Å²) in [7, 11) is 0. The van der Waals surface area contributed by atoms with Gasteiger partial charge in [0.05, 0.1) is 5.56 Å². The van der Waals surface area contributed by atoms with Gasteiger partial charge in [0.2, 0.25) is 0 Å². The topological polar surface area (TPSA) is 55.8 Å². The van der Waals surface area contributed by atoms with Crippen molar-refractivity contribution >= 4 is 11.9 Å². The smallest absolute Gasteiger partial charge is 0.445 e. The van der Waals surface area contributed by atoms with Crippen molar-refractivity contribution < 1.29 is 32.2 Å². The van der Waals surface area contributed by atoms with Crippen molar-refractivity contribution in [2.24, 2.45) is 5.92 Å². The van der Waals surface area contributed by atoms with E-state index in [1.165, 1.54) is 18.2 Å². The number of piperidine rings is 2. The molecule has 0 radical (unpaired) electrons. The number of para-hydroxylation sites is 1. The van der Waals surface area contributed by atoms with E-state index in [1.54, 1.807) is 4.90 Å². The third kappa shape index (κ3) is 5.06. The van der Waals surface area contributed by atoms with Gasteiger partial charge >= 0.3 is 12.5 Å². The molecule has 2 atom stereocenters. The van der Waals surface area contributed by atoms with Crippen LogP contribution in [0.1, 0.15) is 48.0 Å². The molecule has 2 saturated heterocycles. The van der Waals surface area contributed by atoms with Crippen LogP contribution in [0.3, 0.4) is 0 Å². The molecule has 2 unspecified atom stereocenters. The van der Waals surface area contributed by atoms with Crippen LogP contribution in [0, 0.1) is 5.92 Å². The molecule has 2 aliphatic heterocycles. The summed E-state index contributed by atoms with van der Waals surface area (Å²) in [5, 5.41) is 0. The Kier molecular flexibility index (Phi) is 6.39. The minimum absolute atomic E-state index is 0.0759. The summed E-state index contributed by atoms with van der Waals surface area (Å²) in [5.74, 6) is -1.33. The Morgan fingerprint density at radius 2 is 1.56 bits per heavy atom. The number of hydrogen-bond acceptors (Lipinski definition) is 4. The molecular formula is C24H24F3NO4. The number of ketones is 1. The number of nitrogens with zero attached hydrogens (tertiary/aromatic N) is 1. The van der Waals surface area contributed by atoms with Gasteiger partial charge in [-0.05, 0) is 49.8 Å². The first-order valence-electron chi connectivity index (χ1n) is 10.7. The molecule has 0 aromatic heterocycles. The second kappa shape index (κ2) is 9.22. The molecule has 5 nitrogen and oxygen atoms in total. The van der Waals surface area contributed by atoms with Crippen molar-refractivity contribution in [3.05, 3.63) is 65.7 Å². The van der Waals surface area contributed by atoms with Gasteiger partial charge in [0, 0.05) is 18.0 Å². The fourth-order valence-electron chi connectivity index (χ4n) is 4.79. The average Bonchev–Trinajstić information content (AvgIpc) is 2.76. The average molecular weight is 447 g/mol. The maximum atomic E-state index is 13.1. The molecule has 2 aromatic carbocycles. The van der Waals surface area contributed by atoms with E-state index < -0.39 is 24.1 Å². The second-order valence-corrected chi connectivity index (χ2v) is 8.26. The second-order valence-electron chi connectivity index (χ2n) is 8.26. The number of carbonyl (C=O) groups is 2. The van der Waals surface area contributed by atoms with Crippen molar-refractivity contribution in [2.45, 2.75) is 57.2 Å². The first-order chi connectivity index (χ1) is 15.3. The minimum Gasteiger partial charge on any atom is -0.445 e. The van der Waals surface area contributed by atoms with Crippen LogP contribution >= 0.6 is 0 Å². The summed E-state index contributed by atoms with van der Waals surface area (Å²) in [4.78, 5) is 27.7. The molecule has 1 amide bonds. The van der Waals surface area contributed by atoms with Crippen LogP contribution in [-0.2, 0) is 11.3 Å². The third-order valence-electron chi connectivity index (χ3n) is 6.14. The predicted octanol–water partition coefficient (Wildman–Crippen LogP) is 5.74. The number of hydrogen-bond donors (Lipinski definition) is 0. The zero-order valence-corrected chi connectivity index (χ0v) is 17.4. The Morgan fingerprint density at radius 3 is 2.22 bits per heavy atom. The molecule has 2 aromatic rings. The van der Waals surface area contributed by atoms with E-state index in [-0.39, 0.29) is 30.0 Å². The Balaban J connectivity index is 1.45. The van der Waals surface area contributed by atoms with Gasteiger partial charge in [-0.3, -0.25) is 4.79 Å². The number of rotatable bonds is 5. The van der Waals surface area contributed by atoms with Crippen molar-refractivity contribution in [3.63, 3.8) is 0 Å². The van der Waals surface area contributed by atoms with Crippen LogP contribution < -0.4 is 4.74 Å². The summed E-state index contributed by atoms with van der Waals surface area (Å²) in [6.07, 6.45) is -2.07. The largest absolute Gasteiger partial charge is 0.573 e. The van der Waals surface area contributed by atoms with Gasteiger partial charge in [0.1, 0.15) is 12.4 Å². The highest BCUT2D eigenvalue weighted by molar-refractivity contribution is 6.00. The highest BCUT2D eigenvalue weighted by atomic mass is 19.4. The van der Waals surface area contributed by atoms with Crippen LogP contribution in [0.5, 0.6) is 5.75 Å². The normalized spacial score (nSPS) is 22.8. The van der Waals surface area contributed by atoms with Crippen LogP contribution in [-0.4, -0.2) is 35.2 Å². The summed E-state index contributed by atoms with van der Waals surface area (Å²) in [6.45, 7) is 0.167. The third-order valence-corrected chi connectivity index (χ3v) is 6.14. The van der Waals surface area contributed by atoms with E-state index >= 15 is 0 Å². The molecule has 8 heteroatoms. The minimum atomic E-state index is -4.88. The maximum Gasteiger partial charge on any atom is 0.573 e. The molecule has 32 heavy (non-hydrogen) atoms. The number of Topliss-reactive ketones (excluding diaryl/α,β-unsaturated/α-hetero) is 1. The molecule has 0 aliphatic carbocycles. The number of benzene rings is 2. The molecule has 2 fully saturated rings. The lowest BCUT2D eigenvalue weighted by molar-refractivity contribution is -0.274. The van der Waals surface area contributed by atoms with Crippen LogP contribution in [0.4, 0.5) is 18.0 Å². The highest BCUT2D eigenvalue weighted by Gasteiger charge is 2.44. The summed E-state index contributed by atoms with van der Waals surface area (Å²) >= 11 is 0. The monoisotopic (exact) mass is 447 g/mol. The van der Waals surface area contributed by atoms with Gasteiger partial charge in [0.15, 0.2) is 5.78 Å². The Bertz CT molecular complexity index is 949. The summed E-state index contributed by atoms with van der Waals surface area (Å²) in [6, 6.07) is 14.5. The lowest BCUT2D eigenvalue weighted by Crippen LogP contribution is -2.55. The van der Waals surface area contributed by atoms with Crippen molar-refractivity contribution in [2.75, 3.05) is 0 Å². The molecule has 0 saturated carbocycles. The lowest BCUT2D eigenvalue weighted by Gasteiger charge is -2.47. The number of amides is 1. The van der Waals surface area contributed by atoms with Crippen molar-refractivity contribution in [1.29, 1.82) is 0 Å². The Morgan fingerprint density at radius 1 is 0.938 bits per heavy atom. The van der Waals surface area contributed by atoms with Gasteiger partial charge in [-0.1, -0.05) is 42.5 Å². The fraction of sp³-hybridized carbons (Fsp3) is 0.417. The maximum absolute atomic E-state index is 13.1. The van der Waals surface area contributed by atoms with Gasteiger partial charge < -0.3 is 14.4 Å². The zero-order valence-electron chi connectivity index (χ0n) is 17.4. The Labute approximate surface area is 184 Å². The Hall–Kier alpha value is -3.03. The van der Waals surface area contributed by atoms with Gasteiger partial charge in [-0.25, -0.2) is 4.79 Å². The number of alkyl halides is 3. The van der Waals surface area contributed by atoms with E-state index in [4.69, 9.17) is 4.74 Å². The molecule has 2 bridgehead atoms. The van der Waals surface area contributed by atoms with E-state index in [9.17, 15) is 22.8 Å². The van der Waals surface area contributed by atoms with E-state index in [2.05, 4.69) is 4.74 Å². The standard InChI is InChI=1S/C24H24F3NO4/c25-24(26,27)32-21-12-5-4-11-20(21)22(29)17-13-18-9-6-10-19(14-17)28(18)23(30)31-15-16-7-2-1-3-8-16/h1-5,7-8,11-12,17-19H,6,9-10,13-15H2. The van der Waals surface area contributed by atoms with Crippen LogP contribution in [0.25, 0.3) is 0 Å². The van der Waals surface area contributed by atoms with Crippen molar-refractivity contribution in [1.82, 2.24) is 4.90 Å². The molecular weight excluding hydrogens is 423 g/mol. The van der Waals surface area contributed by atoms with Crippen LogP contribution in [0.2, 0.25) is 0 Å². The summed E-state index contributed by atoms with van der Waals surface area (Å²) < 4.78 is 47.9. The van der Waals surface area contributed by atoms with Gasteiger partial charge in [-0.15, -0.1) is 13.2 Å². The highest BCUT2D eigenvalue weighted by Crippen LogP contribution is 2.40. The van der Waals surface area contributed by atoms with E-state index in [0.717, 1.165) is 30.9 Å². The summed E-state index contributed by atoms with van der Waals surface area (Å²) in [5.41, 5.74) is 0.811. The predicted molar refractivity (Wildman–Crippen MR) is 110 cm³/mol. The number of ether oxygens (including phenoxy) is 2. The van der Waals surface area contributed by atoms with E-state index in [0.29, 0.717) is 12.8 Å². The molecule has 170 valence electrons. The van der Waals surface area contributed by atoms with Crippen LogP contribution in [0.15, 0.2) is 54.6 Å². The molecule has 2 aliphatic rings. The zero-order chi connectivity index (χ0) is 22.7. The molecule has 0 N–H and O–H groups in total. The van der Waals surface area contributed by atoms with Gasteiger partial charge in [0.25, 0.3) is 0 Å². The fourth-order valence-corrected chi connectivity index (χ4v) is 4.79. The first kappa shape index (κ1) is 22.2. The van der Waals surface area contributed by atoms with E-state index in [1.807, 2.05) is 30.3 Å². The number of carbonyl (C=O) groups excluding carboxylic acids is 2. The SMILES string of the molecule is O=C(c1ccccc1OC(F)(F)F)C1CC2CCCC(C1)N2C(=O)OCc1ccccc1. The number of fused-ring (bicyclic) bond motifs is 2. The lowest BCUT2D eigenvalue weighted by atomic mass is 9.75. The molecule has 4 rings (SSSR count). The first-order valence-corrected chi connectivity index (χ1v) is 10.7.